The average Bonchev–Trinajstić information content (AvgIpc) is 2.57. The minimum atomic E-state index is 0.0763. The van der Waals surface area contributed by atoms with Gasteiger partial charge >= 0.3 is 0 Å². The lowest BCUT2D eigenvalue weighted by atomic mass is 10.1. The van der Waals surface area contributed by atoms with Gasteiger partial charge in [-0.3, -0.25) is 4.79 Å². The summed E-state index contributed by atoms with van der Waals surface area (Å²) in [5.41, 5.74) is 1.99. The minimum absolute atomic E-state index is 0.0763. The SMILES string of the molecule is O=C(c1cccc(Cl)c1)N1CC[NH+](Cc2ccccc2Br)CC1. The van der Waals surface area contributed by atoms with Gasteiger partial charge in [0.05, 0.1) is 26.2 Å². The second kappa shape index (κ2) is 7.47. The molecular weight excluding hydrogens is 376 g/mol. The third kappa shape index (κ3) is 4.14. The molecule has 1 amide bonds. The number of hydrogen-bond donors (Lipinski definition) is 1. The fourth-order valence-electron chi connectivity index (χ4n) is 2.92. The Morgan fingerprint density at radius 2 is 1.87 bits per heavy atom. The molecule has 1 N–H and O–H groups in total. The molecule has 2 aromatic rings. The summed E-state index contributed by atoms with van der Waals surface area (Å²) in [4.78, 5) is 16.0. The van der Waals surface area contributed by atoms with E-state index in [4.69, 9.17) is 11.6 Å². The molecule has 1 fully saturated rings. The molecule has 3 rings (SSSR count). The lowest BCUT2D eigenvalue weighted by Crippen LogP contribution is -3.13. The second-order valence-electron chi connectivity index (χ2n) is 5.82. The number of quaternary nitrogens is 1. The van der Waals surface area contributed by atoms with Crippen LogP contribution in [0.4, 0.5) is 0 Å². The number of carbonyl (C=O) groups excluding carboxylic acids is 1. The number of halogens is 2. The van der Waals surface area contributed by atoms with Crippen molar-refractivity contribution in [3.63, 3.8) is 0 Å². The Labute approximate surface area is 150 Å². The second-order valence-corrected chi connectivity index (χ2v) is 7.11. The molecule has 120 valence electrons. The zero-order valence-electron chi connectivity index (χ0n) is 12.8. The fraction of sp³-hybridized carbons (Fsp3) is 0.278. The Balaban J connectivity index is 1.58. The third-order valence-corrected chi connectivity index (χ3v) is 5.24. The Bertz CT molecular complexity index is 699. The zero-order valence-corrected chi connectivity index (χ0v) is 15.1. The van der Waals surface area contributed by atoms with Gasteiger partial charge in [0.1, 0.15) is 6.54 Å². The molecule has 0 spiro atoms. The molecule has 0 saturated carbocycles. The van der Waals surface area contributed by atoms with Crippen molar-refractivity contribution in [1.29, 1.82) is 0 Å². The molecule has 1 aliphatic rings. The largest absolute Gasteiger partial charge is 0.328 e. The van der Waals surface area contributed by atoms with Gasteiger partial charge in [0, 0.05) is 20.6 Å². The van der Waals surface area contributed by atoms with Crippen molar-refractivity contribution >= 4 is 33.4 Å². The highest BCUT2D eigenvalue weighted by molar-refractivity contribution is 9.10. The van der Waals surface area contributed by atoms with E-state index in [1.807, 2.05) is 23.1 Å². The van der Waals surface area contributed by atoms with Crippen molar-refractivity contribution in [3.05, 3.63) is 69.2 Å². The molecule has 1 heterocycles. The molecule has 1 saturated heterocycles. The molecule has 0 aliphatic carbocycles. The Hall–Kier alpha value is -1.36. The van der Waals surface area contributed by atoms with Gasteiger partial charge in [-0.25, -0.2) is 0 Å². The van der Waals surface area contributed by atoms with Crippen molar-refractivity contribution in [2.75, 3.05) is 26.2 Å². The molecular formula is C18H19BrClN2O+. The van der Waals surface area contributed by atoms with Gasteiger partial charge in [0.25, 0.3) is 5.91 Å². The van der Waals surface area contributed by atoms with Gasteiger partial charge in [-0.2, -0.15) is 0 Å². The van der Waals surface area contributed by atoms with E-state index in [1.165, 1.54) is 10.5 Å². The monoisotopic (exact) mass is 393 g/mol. The van der Waals surface area contributed by atoms with Crippen molar-refractivity contribution in [1.82, 2.24) is 4.90 Å². The quantitative estimate of drug-likeness (QED) is 0.850. The maximum Gasteiger partial charge on any atom is 0.254 e. The molecule has 2 aromatic carbocycles. The molecule has 23 heavy (non-hydrogen) atoms. The first-order valence-corrected chi connectivity index (χ1v) is 8.92. The molecule has 0 radical (unpaired) electrons. The Morgan fingerprint density at radius 3 is 2.57 bits per heavy atom. The third-order valence-electron chi connectivity index (χ3n) is 4.23. The van der Waals surface area contributed by atoms with Crippen LogP contribution >= 0.6 is 27.5 Å². The number of nitrogens with one attached hydrogen (secondary N) is 1. The van der Waals surface area contributed by atoms with Gasteiger partial charge in [-0.1, -0.05) is 51.8 Å². The summed E-state index contributed by atoms with van der Waals surface area (Å²) in [5, 5.41) is 0.606. The van der Waals surface area contributed by atoms with Crippen LogP contribution in [0.1, 0.15) is 15.9 Å². The van der Waals surface area contributed by atoms with E-state index in [1.54, 1.807) is 12.1 Å². The summed E-state index contributed by atoms with van der Waals surface area (Å²) < 4.78 is 1.16. The van der Waals surface area contributed by atoms with Gasteiger partial charge in [-0.05, 0) is 24.3 Å². The molecule has 3 nitrogen and oxygen atoms in total. The van der Waals surface area contributed by atoms with E-state index in [9.17, 15) is 4.79 Å². The lowest BCUT2D eigenvalue weighted by Gasteiger charge is -2.32. The molecule has 0 atom stereocenters. The first-order chi connectivity index (χ1) is 11.1. The summed E-state index contributed by atoms with van der Waals surface area (Å²) in [5.74, 6) is 0.0763. The first kappa shape index (κ1) is 16.5. The van der Waals surface area contributed by atoms with Crippen LogP contribution in [0.3, 0.4) is 0 Å². The van der Waals surface area contributed by atoms with Crippen LogP contribution in [-0.2, 0) is 6.54 Å². The zero-order chi connectivity index (χ0) is 16.2. The Kier molecular flexibility index (Phi) is 5.36. The van der Waals surface area contributed by atoms with Crippen LogP contribution in [0.2, 0.25) is 5.02 Å². The van der Waals surface area contributed by atoms with Gasteiger partial charge < -0.3 is 9.80 Å². The summed E-state index contributed by atoms with van der Waals surface area (Å²) in [7, 11) is 0. The normalized spacial score (nSPS) is 15.7. The maximum atomic E-state index is 12.5. The van der Waals surface area contributed by atoms with Crippen LogP contribution < -0.4 is 4.90 Å². The summed E-state index contributed by atoms with van der Waals surface area (Å²) >= 11 is 9.58. The van der Waals surface area contributed by atoms with Crippen molar-refractivity contribution in [2.45, 2.75) is 6.54 Å². The molecule has 5 heteroatoms. The van der Waals surface area contributed by atoms with Crippen molar-refractivity contribution in [2.24, 2.45) is 0 Å². The van der Waals surface area contributed by atoms with Gasteiger partial charge in [0.2, 0.25) is 0 Å². The topological polar surface area (TPSA) is 24.8 Å². The standard InChI is InChI=1S/C18H18BrClN2O/c19-17-7-2-1-4-15(17)13-21-8-10-22(11-9-21)18(23)14-5-3-6-16(20)12-14/h1-7,12H,8-11,13H2/p+1. The van der Waals surface area contributed by atoms with E-state index in [0.29, 0.717) is 10.6 Å². The average molecular weight is 395 g/mol. The van der Waals surface area contributed by atoms with E-state index in [-0.39, 0.29) is 5.91 Å². The smallest absolute Gasteiger partial charge is 0.254 e. The predicted octanol–water partition coefficient (Wildman–Crippen LogP) is 2.64. The van der Waals surface area contributed by atoms with Gasteiger partial charge in [0.15, 0.2) is 0 Å². The molecule has 0 aromatic heterocycles. The maximum absolute atomic E-state index is 12.5. The van der Waals surface area contributed by atoms with Gasteiger partial charge in [-0.15, -0.1) is 0 Å². The number of amides is 1. The van der Waals surface area contributed by atoms with Crippen molar-refractivity contribution in [3.8, 4) is 0 Å². The highest BCUT2D eigenvalue weighted by atomic mass is 79.9. The van der Waals surface area contributed by atoms with Crippen LogP contribution in [0.15, 0.2) is 53.0 Å². The molecule has 1 aliphatic heterocycles. The predicted molar refractivity (Wildman–Crippen MR) is 95.9 cm³/mol. The van der Waals surface area contributed by atoms with E-state index in [2.05, 4.69) is 34.1 Å². The number of benzene rings is 2. The van der Waals surface area contributed by atoms with Crippen LogP contribution in [0, 0.1) is 0 Å². The molecule has 0 bridgehead atoms. The first-order valence-electron chi connectivity index (χ1n) is 7.75. The number of carbonyl (C=O) groups is 1. The highest BCUT2D eigenvalue weighted by Crippen LogP contribution is 2.15. The number of piperazine rings is 1. The fourth-order valence-corrected chi connectivity index (χ4v) is 3.53. The van der Waals surface area contributed by atoms with Crippen LogP contribution in [0.5, 0.6) is 0 Å². The van der Waals surface area contributed by atoms with Crippen LogP contribution in [-0.4, -0.2) is 37.0 Å². The summed E-state index contributed by atoms with van der Waals surface area (Å²) in [6, 6.07) is 15.5. The van der Waals surface area contributed by atoms with Crippen LogP contribution in [0.25, 0.3) is 0 Å². The number of nitrogens with zero attached hydrogens (tertiary/aromatic N) is 1. The van der Waals surface area contributed by atoms with E-state index >= 15 is 0 Å². The number of hydrogen-bond acceptors (Lipinski definition) is 1. The van der Waals surface area contributed by atoms with Crippen molar-refractivity contribution < 1.29 is 9.69 Å². The van der Waals surface area contributed by atoms with E-state index < -0.39 is 0 Å². The highest BCUT2D eigenvalue weighted by Gasteiger charge is 2.25. The Morgan fingerprint density at radius 1 is 1.13 bits per heavy atom. The summed E-state index contributed by atoms with van der Waals surface area (Å²) in [6.07, 6.45) is 0. The number of rotatable bonds is 3. The van der Waals surface area contributed by atoms with E-state index in [0.717, 1.165) is 37.2 Å². The minimum Gasteiger partial charge on any atom is -0.328 e. The summed E-state index contributed by atoms with van der Waals surface area (Å²) in [6.45, 7) is 4.48. The lowest BCUT2D eigenvalue weighted by molar-refractivity contribution is -0.917. The molecule has 0 unspecified atom stereocenters.